The average molecular weight is 265 g/mol. The van der Waals surface area contributed by atoms with Gasteiger partial charge in [0.1, 0.15) is 0 Å². The summed E-state index contributed by atoms with van der Waals surface area (Å²) in [6, 6.07) is 0. The van der Waals surface area contributed by atoms with E-state index in [1.807, 2.05) is 18.7 Å². The third-order valence-electron chi connectivity index (χ3n) is 3.17. The number of carbonyl (C=O) groups excluding carboxylic acids is 1. The molecule has 1 rings (SSSR count). The van der Waals surface area contributed by atoms with Crippen molar-refractivity contribution in [1.29, 1.82) is 0 Å². The number of anilines is 1. The van der Waals surface area contributed by atoms with E-state index < -0.39 is 0 Å². The van der Waals surface area contributed by atoms with E-state index in [1.54, 1.807) is 7.05 Å². The normalized spacial score (nSPS) is 10.4. The molecular formula is C13H23N5O. The number of nitrogens with two attached hydrogens (primary N) is 1. The molecule has 0 aliphatic heterocycles. The average Bonchev–Trinajstić information content (AvgIpc) is 2.41. The Hall–Kier alpha value is -1.69. The van der Waals surface area contributed by atoms with E-state index in [-0.39, 0.29) is 12.5 Å². The third kappa shape index (κ3) is 3.64. The molecule has 0 saturated heterocycles. The molecule has 19 heavy (non-hydrogen) atoms. The van der Waals surface area contributed by atoms with Crippen LogP contribution in [0.3, 0.4) is 0 Å². The zero-order valence-corrected chi connectivity index (χ0v) is 12.2. The zero-order chi connectivity index (χ0) is 14.4. The van der Waals surface area contributed by atoms with Gasteiger partial charge in [-0.05, 0) is 25.8 Å². The van der Waals surface area contributed by atoms with Gasteiger partial charge >= 0.3 is 0 Å². The molecule has 0 aromatic carbocycles. The smallest absolute Gasteiger partial charge is 0.239 e. The van der Waals surface area contributed by atoms with Crippen molar-refractivity contribution in [2.24, 2.45) is 5.73 Å². The molecule has 1 heterocycles. The number of hydrogen-bond acceptors (Lipinski definition) is 5. The maximum Gasteiger partial charge on any atom is 0.239 e. The highest BCUT2D eigenvalue weighted by Gasteiger charge is 2.17. The number of rotatable bonds is 6. The van der Waals surface area contributed by atoms with Gasteiger partial charge < -0.3 is 16.0 Å². The van der Waals surface area contributed by atoms with Gasteiger partial charge in [-0.1, -0.05) is 6.92 Å². The van der Waals surface area contributed by atoms with Gasteiger partial charge in [-0.25, -0.2) is 0 Å². The molecule has 0 saturated carbocycles. The van der Waals surface area contributed by atoms with Crippen LogP contribution in [0.25, 0.3) is 0 Å². The van der Waals surface area contributed by atoms with Crippen molar-refractivity contribution in [3.63, 3.8) is 0 Å². The van der Waals surface area contributed by atoms with Gasteiger partial charge in [-0.3, -0.25) is 4.79 Å². The first-order chi connectivity index (χ1) is 9.04. The van der Waals surface area contributed by atoms with Crippen LogP contribution in [0.1, 0.15) is 30.2 Å². The monoisotopic (exact) mass is 265 g/mol. The Morgan fingerprint density at radius 3 is 2.58 bits per heavy atom. The van der Waals surface area contributed by atoms with Crippen molar-refractivity contribution in [3.05, 3.63) is 16.8 Å². The van der Waals surface area contributed by atoms with E-state index in [9.17, 15) is 4.79 Å². The number of amides is 1. The molecule has 0 spiro atoms. The molecule has 0 atom stereocenters. The second-order valence-corrected chi connectivity index (χ2v) is 4.51. The molecule has 0 radical (unpaired) electrons. The van der Waals surface area contributed by atoms with Crippen molar-refractivity contribution in [2.45, 2.75) is 33.7 Å². The van der Waals surface area contributed by atoms with Crippen LogP contribution in [0, 0.1) is 13.8 Å². The molecule has 0 aliphatic carbocycles. The maximum absolute atomic E-state index is 11.6. The summed E-state index contributed by atoms with van der Waals surface area (Å²) in [5.74, 6) is 0.674. The van der Waals surface area contributed by atoms with Gasteiger partial charge in [-0.2, -0.15) is 5.10 Å². The van der Waals surface area contributed by atoms with Crippen LogP contribution in [-0.4, -0.2) is 36.2 Å². The molecule has 3 N–H and O–H groups in total. The summed E-state index contributed by atoms with van der Waals surface area (Å²) in [5.41, 5.74) is 8.71. The van der Waals surface area contributed by atoms with Gasteiger partial charge in [0.2, 0.25) is 5.91 Å². The number of hydrogen-bond donors (Lipinski definition) is 2. The van der Waals surface area contributed by atoms with Crippen LogP contribution in [0.2, 0.25) is 0 Å². The highest BCUT2D eigenvalue weighted by atomic mass is 16.1. The fourth-order valence-corrected chi connectivity index (χ4v) is 1.92. The van der Waals surface area contributed by atoms with Gasteiger partial charge in [0.25, 0.3) is 0 Å². The Bertz CT molecular complexity index is 447. The lowest BCUT2D eigenvalue weighted by atomic mass is 10.1. The number of nitrogens with zero attached hydrogens (tertiary/aromatic N) is 3. The van der Waals surface area contributed by atoms with E-state index >= 15 is 0 Å². The lowest BCUT2D eigenvalue weighted by Crippen LogP contribution is -2.37. The lowest BCUT2D eigenvalue weighted by molar-refractivity contribution is -0.119. The number of aromatic nitrogens is 2. The van der Waals surface area contributed by atoms with E-state index in [0.717, 1.165) is 35.6 Å². The summed E-state index contributed by atoms with van der Waals surface area (Å²) in [6.07, 6.45) is 0.926. The minimum absolute atomic E-state index is 0.0450. The van der Waals surface area contributed by atoms with Crippen LogP contribution in [0.4, 0.5) is 5.82 Å². The molecule has 1 aromatic rings. The lowest BCUT2D eigenvalue weighted by Gasteiger charge is -2.25. The van der Waals surface area contributed by atoms with Crippen LogP contribution in [0.15, 0.2) is 0 Å². The SMILES string of the molecule is CCCN(CC(=O)NC)c1nnc(C)c(C)c1CN. The quantitative estimate of drug-likeness (QED) is 0.783. The number of carbonyl (C=O) groups is 1. The Balaban J connectivity index is 3.14. The second-order valence-electron chi connectivity index (χ2n) is 4.51. The van der Waals surface area contributed by atoms with E-state index in [1.165, 1.54) is 0 Å². The molecule has 0 fully saturated rings. The molecule has 6 heteroatoms. The topological polar surface area (TPSA) is 84.1 Å². The van der Waals surface area contributed by atoms with Crippen molar-refractivity contribution < 1.29 is 4.79 Å². The Kier molecular flexibility index (Phi) is 5.69. The minimum atomic E-state index is -0.0450. The van der Waals surface area contributed by atoms with Crippen molar-refractivity contribution >= 4 is 11.7 Å². The number of nitrogens with one attached hydrogen (secondary N) is 1. The summed E-state index contributed by atoms with van der Waals surface area (Å²) in [7, 11) is 1.63. The fraction of sp³-hybridized carbons (Fsp3) is 0.615. The van der Waals surface area contributed by atoms with E-state index in [0.29, 0.717) is 6.54 Å². The van der Waals surface area contributed by atoms with E-state index in [2.05, 4.69) is 22.4 Å². The highest BCUT2D eigenvalue weighted by molar-refractivity contribution is 5.81. The van der Waals surface area contributed by atoms with E-state index in [4.69, 9.17) is 5.73 Å². The van der Waals surface area contributed by atoms with Gasteiger partial charge in [0.05, 0.1) is 12.2 Å². The maximum atomic E-state index is 11.6. The summed E-state index contributed by atoms with van der Waals surface area (Å²) in [4.78, 5) is 13.5. The fourth-order valence-electron chi connectivity index (χ4n) is 1.92. The van der Waals surface area contributed by atoms with Gasteiger partial charge in [-0.15, -0.1) is 5.10 Å². The van der Waals surface area contributed by atoms with Crippen molar-refractivity contribution in [2.75, 3.05) is 25.0 Å². The predicted octanol–water partition coefficient (Wildman–Crippen LogP) is 0.515. The van der Waals surface area contributed by atoms with Crippen molar-refractivity contribution in [3.8, 4) is 0 Å². The molecule has 0 unspecified atom stereocenters. The summed E-state index contributed by atoms with van der Waals surface area (Å²) < 4.78 is 0. The standard InChI is InChI=1S/C13H23N5O/c1-5-6-18(8-12(19)15-4)13-11(7-14)9(2)10(3)16-17-13/h5-8,14H2,1-4H3,(H,15,19). The Morgan fingerprint density at radius 2 is 2.05 bits per heavy atom. The van der Waals surface area contributed by atoms with Crippen LogP contribution in [0.5, 0.6) is 0 Å². The molecule has 1 amide bonds. The first-order valence-corrected chi connectivity index (χ1v) is 6.53. The van der Waals surface area contributed by atoms with Crippen LogP contribution < -0.4 is 16.0 Å². The molecular weight excluding hydrogens is 242 g/mol. The minimum Gasteiger partial charge on any atom is -0.358 e. The van der Waals surface area contributed by atoms with Gasteiger partial charge in [0.15, 0.2) is 5.82 Å². The molecule has 0 aliphatic rings. The first kappa shape index (κ1) is 15.4. The van der Waals surface area contributed by atoms with Crippen LogP contribution in [-0.2, 0) is 11.3 Å². The molecule has 0 bridgehead atoms. The van der Waals surface area contributed by atoms with Crippen molar-refractivity contribution in [1.82, 2.24) is 15.5 Å². The third-order valence-corrected chi connectivity index (χ3v) is 3.17. The second kappa shape index (κ2) is 7.04. The summed E-state index contributed by atoms with van der Waals surface area (Å²) >= 11 is 0. The Morgan fingerprint density at radius 1 is 1.37 bits per heavy atom. The van der Waals surface area contributed by atoms with Gasteiger partial charge in [0, 0.05) is 25.7 Å². The molecule has 1 aromatic heterocycles. The first-order valence-electron chi connectivity index (χ1n) is 6.53. The summed E-state index contributed by atoms with van der Waals surface area (Å²) in [6.45, 7) is 7.37. The van der Waals surface area contributed by atoms with Crippen LogP contribution >= 0.6 is 0 Å². The number of likely N-dealkylation sites (N-methyl/N-ethyl adjacent to an activating group) is 1. The largest absolute Gasteiger partial charge is 0.358 e. The molecule has 6 nitrogen and oxygen atoms in total. The predicted molar refractivity (Wildman–Crippen MR) is 76.0 cm³/mol. The molecule has 106 valence electrons. The zero-order valence-electron chi connectivity index (χ0n) is 12.2. The summed E-state index contributed by atoms with van der Waals surface area (Å²) in [5, 5.41) is 11.0. The number of aryl methyl sites for hydroxylation is 1. The highest BCUT2D eigenvalue weighted by Crippen LogP contribution is 2.21. The Labute approximate surface area is 114 Å².